The SMILES string of the molecule is O=C(NCC1CCCO1)c1ccccc1NC(=O)C1CCCN(Cc2ccc(Cl)cc2)C1. The summed E-state index contributed by atoms with van der Waals surface area (Å²) in [6.45, 7) is 3.70. The fourth-order valence-corrected chi connectivity index (χ4v) is 4.52. The van der Waals surface area contributed by atoms with Gasteiger partial charge in [-0.05, 0) is 62.1 Å². The average Bonchev–Trinajstić information content (AvgIpc) is 3.33. The van der Waals surface area contributed by atoms with Crippen LogP contribution < -0.4 is 10.6 Å². The Morgan fingerprint density at radius 1 is 1.06 bits per heavy atom. The van der Waals surface area contributed by atoms with Gasteiger partial charge in [0.1, 0.15) is 0 Å². The van der Waals surface area contributed by atoms with Crippen LogP contribution in [-0.2, 0) is 16.1 Å². The van der Waals surface area contributed by atoms with Gasteiger partial charge in [-0.1, -0.05) is 35.9 Å². The van der Waals surface area contributed by atoms with Gasteiger partial charge >= 0.3 is 0 Å². The van der Waals surface area contributed by atoms with Crippen molar-refractivity contribution < 1.29 is 14.3 Å². The summed E-state index contributed by atoms with van der Waals surface area (Å²) in [5, 5.41) is 6.67. The van der Waals surface area contributed by atoms with E-state index in [2.05, 4.69) is 15.5 Å². The topological polar surface area (TPSA) is 70.7 Å². The van der Waals surface area contributed by atoms with Crippen LogP contribution in [0, 0.1) is 5.92 Å². The molecule has 0 aromatic heterocycles. The molecule has 0 radical (unpaired) electrons. The number of rotatable bonds is 7. The highest BCUT2D eigenvalue weighted by atomic mass is 35.5. The molecule has 2 aliphatic rings. The number of hydrogen-bond acceptors (Lipinski definition) is 4. The summed E-state index contributed by atoms with van der Waals surface area (Å²) < 4.78 is 5.58. The van der Waals surface area contributed by atoms with Crippen molar-refractivity contribution in [1.82, 2.24) is 10.2 Å². The Morgan fingerprint density at radius 3 is 2.66 bits per heavy atom. The van der Waals surface area contributed by atoms with Gasteiger partial charge in [0, 0.05) is 31.3 Å². The Morgan fingerprint density at radius 2 is 1.88 bits per heavy atom. The predicted octanol–water partition coefficient (Wildman–Crippen LogP) is 4.10. The Balaban J connectivity index is 1.34. The second kappa shape index (κ2) is 10.9. The van der Waals surface area contributed by atoms with E-state index in [-0.39, 0.29) is 23.8 Å². The fourth-order valence-electron chi connectivity index (χ4n) is 4.39. The lowest BCUT2D eigenvalue weighted by atomic mass is 9.96. The molecule has 2 saturated heterocycles. The van der Waals surface area contributed by atoms with E-state index >= 15 is 0 Å². The van der Waals surface area contributed by atoms with E-state index in [1.807, 2.05) is 36.4 Å². The van der Waals surface area contributed by atoms with Gasteiger partial charge in [-0.15, -0.1) is 0 Å². The number of carbonyl (C=O) groups is 2. The molecule has 2 amide bonds. The number of anilines is 1. The van der Waals surface area contributed by atoms with Gasteiger partial charge in [0.05, 0.1) is 23.3 Å². The van der Waals surface area contributed by atoms with Crippen LogP contribution in [0.15, 0.2) is 48.5 Å². The Kier molecular flexibility index (Phi) is 7.79. The van der Waals surface area contributed by atoms with Crippen molar-refractivity contribution in [1.29, 1.82) is 0 Å². The Hall–Kier alpha value is -2.41. The van der Waals surface area contributed by atoms with E-state index in [1.165, 1.54) is 5.56 Å². The normalized spacial score (nSPS) is 21.3. The third-order valence-electron chi connectivity index (χ3n) is 6.14. The molecule has 2 fully saturated rings. The molecule has 2 unspecified atom stereocenters. The van der Waals surface area contributed by atoms with Crippen molar-refractivity contribution in [3.05, 3.63) is 64.7 Å². The van der Waals surface area contributed by atoms with E-state index in [4.69, 9.17) is 16.3 Å². The number of ether oxygens (including phenoxy) is 1. The number of halogens is 1. The van der Waals surface area contributed by atoms with Gasteiger partial charge in [0.15, 0.2) is 0 Å². The highest BCUT2D eigenvalue weighted by Crippen LogP contribution is 2.23. The molecule has 2 aromatic carbocycles. The standard InChI is InChI=1S/C25H30ClN3O3/c26-20-11-9-18(10-12-20)16-29-13-3-5-19(17-29)24(30)28-23-8-2-1-7-22(23)25(31)27-15-21-6-4-14-32-21/h1-2,7-12,19,21H,3-6,13-17H2,(H,27,31)(H,28,30). The monoisotopic (exact) mass is 455 g/mol. The minimum Gasteiger partial charge on any atom is -0.376 e. The number of likely N-dealkylation sites (tertiary alicyclic amines) is 1. The zero-order valence-corrected chi connectivity index (χ0v) is 18.9. The molecule has 0 saturated carbocycles. The van der Waals surface area contributed by atoms with E-state index in [0.717, 1.165) is 50.4 Å². The van der Waals surface area contributed by atoms with E-state index in [0.29, 0.717) is 24.3 Å². The van der Waals surface area contributed by atoms with Crippen LogP contribution in [-0.4, -0.2) is 49.1 Å². The van der Waals surface area contributed by atoms with E-state index < -0.39 is 0 Å². The van der Waals surface area contributed by atoms with Crippen molar-refractivity contribution in [3.8, 4) is 0 Å². The third-order valence-corrected chi connectivity index (χ3v) is 6.39. The molecule has 0 bridgehead atoms. The summed E-state index contributed by atoms with van der Waals surface area (Å²) >= 11 is 5.98. The highest BCUT2D eigenvalue weighted by Gasteiger charge is 2.27. The first-order valence-electron chi connectivity index (χ1n) is 11.3. The number of nitrogens with zero attached hydrogens (tertiary/aromatic N) is 1. The summed E-state index contributed by atoms with van der Waals surface area (Å²) in [5.74, 6) is -0.339. The van der Waals surface area contributed by atoms with Crippen LogP contribution in [0.3, 0.4) is 0 Å². The van der Waals surface area contributed by atoms with E-state index in [9.17, 15) is 9.59 Å². The van der Waals surface area contributed by atoms with Crippen LogP contribution in [0.1, 0.15) is 41.6 Å². The van der Waals surface area contributed by atoms with Crippen molar-refractivity contribution in [2.45, 2.75) is 38.3 Å². The number of hydrogen-bond donors (Lipinski definition) is 2. The summed E-state index contributed by atoms with van der Waals surface area (Å²) in [7, 11) is 0. The van der Waals surface area contributed by atoms with Crippen LogP contribution in [0.5, 0.6) is 0 Å². The second-order valence-electron chi connectivity index (χ2n) is 8.58. The Labute approximate surface area is 194 Å². The average molecular weight is 456 g/mol. The molecule has 0 aliphatic carbocycles. The maximum Gasteiger partial charge on any atom is 0.253 e. The highest BCUT2D eigenvalue weighted by molar-refractivity contribution is 6.30. The zero-order valence-electron chi connectivity index (χ0n) is 18.2. The van der Waals surface area contributed by atoms with Gasteiger partial charge < -0.3 is 15.4 Å². The molecule has 2 aliphatic heterocycles. The number of para-hydroxylation sites is 1. The molecule has 4 rings (SSSR count). The first-order chi connectivity index (χ1) is 15.6. The van der Waals surface area contributed by atoms with Crippen molar-refractivity contribution in [2.24, 2.45) is 5.92 Å². The molecule has 7 heteroatoms. The summed E-state index contributed by atoms with van der Waals surface area (Å²) in [6, 6.07) is 15.0. The smallest absolute Gasteiger partial charge is 0.253 e. The molecule has 2 aromatic rings. The summed E-state index contributed by atoms with van der Waals surface area (Å²) in [4.78, 5) is 28.1. The third kappa shape index (κ3) is 6.09. The quantitative estimate of drug-likeness (QED) is 0.659. The first-order valence-corrected chi connectivity index (χ1v) is 11.7. The van der Waals surface area contributed by atoms with Gasteiger partial charge in [0.2, 0.25) is 5.91 Å². The van der Waals surface area contributed by atoms with Crippen LogP contribution >= 0.6 is 11.6 Å². The summed E-state index contributed by atoms with van der Waals surface area (Å²) in [6.07, 6.45) is 3.89. The van der Waals surface area contributed by atoms with Crippen LogP contribution in [0.2, 0.25) is 5.02 Å². The predicted molar refractivity (Wildman–Crippen MR) is 126 cm³/mol. The van der Waals surface area contributed by atoms with Crippen LogP contribution in [0.4, 0.5) is 5.69 Å². The number of benzene rings is 2. The Bertz CT molecular complexity index is 928. The largest absolute Gasteiger partial charge is 0.376 e. The number of piperidine rings is 1. The van der Waals surface area contributed by atoms with E-state index in [1.54, 1.807) is 12.1 Å². The minimum atomic E-state index is -0.190. The molecular formula is C25H30ClN3O3. The fraction of sp³-hybridized carbons (Fsp3) is 0.440. The zero-order chi connectivity index (χ0) is 22.3. The molecule has 6 nitrogen and oxygen atoms in total. The van der Waals surface area contributed by atoms with Crippen molar-refractivity contribution in [2.75, 3.05) is 31.6 Å². The van der Waals surface area contributed by atoms with Gasteiger partial charge in [-0.3, -0.25) is 14.5 Å². The van der Waals surface area contributed by atoms with Crippen LogP contribution in [0.25, 0.3) is 0 Å². The van der Waals surface area contributed by atoms with Gasteiger partial charge in [-0.2, -0.15) is 0 Å². The minimum absolute atomic E-state index is 0.0369. The lowest BCUT2D eigenvalue weighted by molar-refractivity contribution is -0.121. The molecule has 2 N–H and O–H groups in total. The maximum atomic E-state index is 13.0. The number of amides is 2. The van der Waals surface area contributed by atoms with Gasteiger partial charge in [0.25, 0.3) is 5.91 Å². The first kappa shape index (κ1) is 22.8. The number of carbonyl (C=O) groups excluding carboxylic acids is 2. The van der Waals surface area contributed by atoms with Gasteiger partial charge in [-0.25, -0.2) is 0 Å². The second-order valence-corrected chi connectivity index (χ2v) is 9.02. The molecule has 170 valence electrons. The van der Waals surface area contributed by atoms with Crippen molar-refractivity contribution in [3.63, 3.8) is 0 Å². The lowest BCUT2D eigenvalue weighted by Gasteiger charge is -2.32. The molecular weight excluding hydrogens is 426 g/mol. The molecule has 2 atom stereocenters. The molecule has 2 heterocycles. The lowest BCUT2D eigenvalue weighted by Crippen LogP contribution is -2.40. The molecule has 0 spiro atoms. The molecule has 32 heavy (non-hydrogen) atoms. The van der Waals surface area contributed by atoms with Crippen molar-refractivity contribution >= 4 is 29.1 Å². The maximum absolute atomic E-state index is 13.0. The number of nitrogens with one attached hydrogen (secondary N) is 2. The summed E-state index contributed by atoms with van der Waals surface area (Å²) in [5.41, 5.74) is 2.22.